The molecule has 0 aliphatic carbocycles. The van der Waals surface area contributed by atoms with Crippen LogP contribution in [0.25, 0.3) is 0 Å². The molecule has 1 atom stereocenters. The molecule has 1 aromatic rings. The van der Waals surface area contributed by atoms with E-state index in [-0.39, 0.29) is 24.3 Å². The lowest BCUT2D eigenvalue weighted by atomic mass is 10.2. The van der Waals surface area contributed by atoms with E-state index in [9.17, 15) is 23.1 Å². The molecule has 154 valence electrons. The standard InChI is InChI=1S/C16H27FN2O6SSi/c1-4-27(5-2,6-3)25-16(10-11-24-17)18-26(22,23)13-14-8-7-9-15(12-14)19(20)21/h7-9,12,16,18H,4-6,10-11,13H2,1-3H3. The van der Waals surface area contributed by atoms with Crippen molar-refractivity contribution in [3.63, 3.8) is 0 Å². The topological polar surface area (TPSA) is 108 Å². The molecule has 0 aliphatic heterocycles. The fraction of sp³-hybridized carbons (Fsp3) is 0.625. The van der Waals surface area contributed by atoms with Crippen molar-refractivity contribution >= 4 is 24.0 Å². The maximum atomic E-state index is 12.5. The minimum Gasteiger partial charge on any atom is -0.401 e. The Morgan fingerprint density at radius 1 is 1.26 bits per heavy atom. The number of nitro groups is 1. The maximum Gasteiger partial charge on any atom is 0.269 e. The fourth-order valence-corrected chi connectivity index (χ4v) is 6.95. The van der Waals surface area contributed by atoms with Gasteiger partial charge in [-0.05, 0) is 28.2 Å². The van der Waals surface area contributed by atoms with Gasteiger partial charge in [-0.1, -0.05) is 32.9 Å². The molecule has 0 saturated heterocycles. The van der Waals surface area contributed by atoms with Crippen molar-refractivity contribution in [3.8, 4) is 0 Å². The van der Waals surface area contributed by atoms with Gasteiger partial charge >= 0.3 is 0 Å². The van der Waals surface area contributed by atoms with Crippen LogP contribution in [-0.2, 0) is 25.1 Å². The Morgan fingerprint density at radius 2 is 1.89 bits per heavy atom. The first-order valence-electron chi connectivity index (χ1n) is 8.85. The number of non-ortho nitro benzene ring substituents is 1. The lowest BCUT2D eigenvalue weighted by Crippen LogP contribution is -2.47. The van der Waals surface area contributed by atoms with E-state index < -0.39 is 35.2 Å². The van der Waals surface area contributed by atoms with Crippen LogP contribution in [-0.4, -0.2) is 34.5 Å². The van der Waals surface area contributed by atoms with Crippen molar-refractivity contribution < 1.29 is 27.2 Å². The van der Waals surface area contributed by atoms with E-state index >= 15 is 0 Å². The normalized spacial score (nSPS) is 13.5. The highest BCUT2D eigenvalue weighted by Gasteiger charge is 2.33. The molecule has 27 heavy (non-hydrogen) atoms. The van der Waals surface area contributed by atoms with Crippen LogP contribution in [0, 0.1) is 10.1 Å². The molecule has 0 aromatic heterocycles. The molecule has 0 spiro atoms. The van der Waals surface area contributed by atoms with Crippen LogP contribution in [0.4, 0.5) is 10.2 Å². The predicted octanol–water partition coefficient (Wildman–Crippen LogP) is 3.65. The number of nitrogens with zero attached hydrogens (tertiary/aromatic N) is 1. The van der Waals surface area contributed by atoms with E-state index in [1.54, 1.807) is 0 Å². The van der Waals surface area contributed by atoms with Gasteiger partial charge in [-0.25, -0.2) is 8.42 Å². The lowest BCUT2D eigenvalue weighted by Gasteiger charge is -2.33. The lowest BCUT2D eigenvalue weighted by molar-refractivity contribution is -0.384. The minimum atomic E-state index is -3.86. The molecule has 1 N–H and O–H groups in total. The van der Waals surface area contributed by atoms with Gasteiger partial charge in [-0.3, -0.25) is 10.1 Å². The van der Waals surface area contributed by atoms with Crippen molar-refractivity contribution in [1.29, 1.82) is 0 Å². The number of nitrogens with one attached hydrogen (secondary N) is 1. The van der Waals surface area contributed by atoms with Crippen LogP contribution < -0.4 is 4.72 Å². The molecule has 8 nitrogen and oxygen atoms in total. The Balaban J connectivity index is 2.94. The molecule has 0 amide bonds. The van der Waals surface area contributed by atoms with Crippen molar-refractivity contribution in [2.45, 2.75) is 57.3 Å². The van der Waals surface area contributed by atoms with Gasteiger partial charge in [-0.15, -0.1) is 0 Å². The fourth-order valence-electron chi connectivity index (χ4n) is 2.82. The molecule has 0 saturated carbocycles. The third kappa shape index (κ3) is 7.62. The average molecular weight is 423 g/mol. The third-order valence-corrected chi connectivity index (χ3v) is 10.6. The Hall–Kier alpha value is -1.40. The van der Waals surface area contributed by atoms with Gasteiger partial charge in [0.2, 0.25) is 10.0 Å². The summed E-state index contributed by atoms with van der Waals surface area (Å²) in [6, 6.07) is 7.84. The highest BCUT2D eigenvalue weighted by atomic mass is 32.2. The van der Waals surface area contributed by atoms with E-state index in [1.165, 1.54) is 24.3 Å². The SMILES string of the molecule is CC[Si](CC)(CC)OC(CCOF)NS(=O)(=O)Cc1cccc([N+](=O)[O-])c1. The Kier molecular flexibility index (Phi) is 9.46. The second-order valence-corrected chi connectivity index (χ2v) is 12.7. The van der Waals surface area contributed by atoms with Crippen LogP contribution in [0.2, 0.25) is 18.1 Å². The number of hydrogen-bond donors (Lipinski definition) is 1. The van der Waals surface area contributed by atoms with Crippen molar-refractivity contribution in [1.82, 2.24) is 4.72 Å². The molecule has 0 heterocycles. The molecule has 1 rings (SSSR count). The summed E-state index contributed by atoms with van der Waals surface area (Å²) in [4.78, 5) is 13.8. The number of hydrogen-bond acceptors (Lipinski definition) is 6. The summed E-state index contributed by atoms with van der Waals surface area (Å²) in [7, 11) is -6.00. The quantitative estimate of drug-likeness (QED) is 0.225. The van der Waals surface area contributed by atoms with Gasteiger partial charge in [0.05, 0.1) is 17.3 Å². The number of rotatable bonds is 13. The van der Waals surface area contributed by atoms with Crippen LogP contribution in [0.1, 0.15) is 32.8 Å². The monoisotopic (exact) mass is 422 g/mol. The van der Waals surface area contributed by atoms with E-state index in [0.29, 0.717) is 0 Å². The van der Waals surface area contributed by atoms with Gasteiger partial charge in [0.1, 0.15) is 6.23 Å². The van der Waals surface area contributed by atoms with E-state index in [4.69, 9.17) is 4.43 Å². The van der Waals surface area contributed by atoms with E-state index in [2.05, 4.69) is 9.66 Å². The molecular weight excluding hydrogens is 395 g/mol. The number of nitro benzene ring substituents is 1. The van der Waals surface area contributed by atoms with Gasteiger partial charge in [-0.2, -0.15) is 9.66 Å². The third-order valence-electron chi connectivity index (χ3n) is 4.57. The van der Waals surface area contributed by atoms with Gasteiger partial charge < -0.3 is 4.43 Å². The second kappa shape index (κ2) is 10.8. The van der Waals surface area contributed by atoms with Crippen LogP contribution in [0.5, 0.6) is 0 Å². The van der Waals surface area contributed by atoms with Crippen LogP contribution in [0.15, 0.2) is 24.3 Å². The first-order chi connectivity index (χ1) is 12.7. The Labute approximate surface area is 160 Å². The molecule has 11 heteroatoms. The smallest absolute Gasteiger partial charge is 0.269 e. The van der Waals surface area contributed by atoms with E-state index in [1.807, 2.05) is 20.8 Å². The zero-order chi connectivity index (χ0) is 20.5. The van der Waals surface area contributed by atoms with E-state index in [0.717, 1.165) is 18.1 Å². The number of sulfonamides is 1. The summed E-state index contributed by atoms with van der Waals surface area (Å²) in [5.41, 5.74) is 0.0953. The summed E-state index contributed by atoms with van der Waals surface area (Å²) in [5, 5.41) is 10.8. The predicted molar refractivity (Wildman–Crippen MR) is 103 cm³/mol. The first kappa shape index (κ1) is 23.6. The molecule has 1 aromatic carbocycles. The largest absolute Gasteiger partial charge is 0.401 e. The average Bonchev–Trinajstić information content (AvgIpc) is 2.63. The Morgan fingerprint density at radius 3 is 2.41 bits per heavy atom. The highest BCUT2D eigenvalue weighted by Crippen LogP contribution is 2.24. The molecule has 0 bridgehead atoms. The van der Waals surface area contributed by atoms with Gasteiger partial charge in [0, 0.05) is 18.6 Å². The highest BCUT2D eigenvalue weighted by molar-refractivity contribution is 7.88. The maximum absolute atomic E-state index is 12.5. The molecule has 0 aliphatic rings. The Bertz CT molecular complexity index is 706. The van der Waals surface area contributed by atoms with Crippen molar-refractivity contribution in [2.24, 2.45) is 0 Å². The number of benzene rings is 1. The van der Waals surface area contributed by atoms with Crippen LogP contribution in [0.3, 0.4) is 0 Å². The minimum absolute atomic E-state index is 0.0272. The second-order valence-electron chi connectivity index (χ2n) is 6.26. The zero-order valence-corrected chi connectivity index (χ0v) is 17.6. The zero-order valence-electron chi connectivity index (χ0n) is 15.8. The molecule has 0 fully saturated rings. The van der Waals surface area contributed by atoms with Gasteiger partial charge in [0.25, 0.3) is 5.69 Å². The van der Waals surface area contributed by atoms with Crippen molar-refractivity contribution in [2.75, 3.05) is 6.61 Å². The summed E-state index contributed by atoms with van der Waals surface area (Å²) in [6.07, 6.45) is -0.879. The number of halogens is 1. The summed E-state index contributed by atoms with van der Waals surface area (Å²) < 4.78 is 45.8. The molecular formula is C16H27FN2O6SSi. The summed E-state index contributed by atoms with van der Waals surface area (Å²) in [6.45, 7) is 5.70. The molecule has 1 unspecified atom stereocenters. The van der Waals surface area contributed by atoms with Gasteiger partial charge in [0.15, 0.2) is 8.32 Å². The molecule has 0 radical (unpaired) electrons. The summed E-state index contributed by atoms with van der Waals surface area (Å²) in [5.74, 6) is -0.441. The van der Waals surface area contributed by atoms with Crippen LogP contribution >= 0.6 is 0 Å². The van der Waals surface area contributed by atoms with Crippen molar-refractivity contribution in [3.05, 3.63) is 39.9 Å². The first-order valence-corrected chi connectivity index (χ1v) is 13.0. The summed E-state index contributed by atoms with van der Waals surface area (Å²) >= 11 is 0.